The molecule has 36 heavy (non-hydrogen) atoms. The minimum Gasteiger partial charge on any atom is -0.497 e. The van der Waals surface area contributed by atoms with Crippen molar-refractivity contribution in [2.45, 2.75) is 44.2 Å². The summed E-state index contributed by atoms with van der Waals surface area (Å²) in [7, 11) is 1.65. The maximum atomic E-state index is 13.1. The van der Waals surface area contributed by atoms with E-state index in [-0.39, 0.29) is 24.3 Å². The number of amides is 2. The number of carbonyl (C=O) groups is 2. The lowest BCUT2D eigenvalue weighted by molar-refractivity contribution is -0.129. The molecule has 1 atom stereocenters. The number of benzene rings is 3. The second-order valence-electron chi connectivity index (χ2n) is 9.35. The number of aryl methyl sites for hydroxylation is 1. The molecule has 1 fully saturated rings. The first-order valence-corrected chi connectivity index (χ1v) is 12.5. The molecule has 0 aliphatic heterocycles. The zero-order valence-electron chi connectivity index (χ0n) is 20.4. The number of H-pyrrole nitrogens is 1. The molecule has 0 saturated heterocycles. The van der Waals surface area contributed by atoms with Gasteiger partial charge in [-0.1, -0.05) is 48.5 Å². The Kier molecular flexibility index (Phi) is 7.03. The predicted octanol–water partition coefficient (Wildman–Crippen LogP) is 4.78. The van der Waals surface area contributed by atoms with Gasteiger partial charge in [0.1, 0.15) is 11.8 Å². The molecule has 1 unspecified atom stereocenters. The van der Waals surface area contributed by atoms with Crippen molar-refractivity contribution in [3.8, 4) is 17.0 Å². The third-order valence-electron chi connectivity index (χ3n) is 6.65. The number of ether oxygens (including phenoxy) is 1. The SMILES string of the molecule is COc1ccc(-c2[nH]c3ccccc3c2CCC(=O)NC(Cc2ccccc2)C(=O)NC2CC2)cc1. The summed E-state index contributed by atoms with van der Waals surface area (Å²) in [5.41, 5.74) is 5.18. The summed E-state index contributed by atoms with van der Waals surface area (Å²) in [5.74, 6) is 0.554. The zero-order chi connectivity index (χ0) is 24.9. The van der Waals surface area contributed by atoms with E-state index in [4.69, 9.17) is 4.74 Å². The van der Waals surface area contributed by atoms with Gasteiger partial charge in [-0.15, -0.1) is 0 Å². The van der Waals surface area contributed by atoms with Gasteiger partial charge in [0.15, 0.2) is 0 Å². The average molecular weight is 482 g/mol. The highest BCUT2D eigenvalue weighted by Gasteiger charge is 2.28. The van der Waals surface area contributed by atoms with E-state index >= 15 is 0 Å². The number of nitrogens with one attached hydrogen (secondary N) is 3. The first kappa shape index (κ1) is 23.7. The Morgan fingerprint density at radius 2 is 1.69 bits per heavy atom. The summed E-state index contributed by atoms with van der Waals surface area (Å²) in [6.45, 7) is 0. The highest BCUT2D eigenvalue weighted by atomic mass is 16.5. The van der Waals surface area contributed by atoms with E-state index < -0.39 is 6.04 Å². The molecule has 1 heterocycles. The normalized spacial score (nSPS) is 13.8. The van der Waals surface area contributed by atoms with Crippen LogP contribution >= 0.6 is 0 Å². The quantitative estimate of drug-likeness (QED) is 0.305. The van der Waals surface area contributed by atoms with Gasteiger partial charge in [-0.05, 0) is 66.3 Å². The highest BCUT2D eigenvalue weighted by molar-refractivity contribution is 5.92. The first-order valence-electron chi connectivity index (χ1n) is 12.5. The number of rotatable bonds is 10. The lowest BCUT2D eigenvalue weighted by Crippen LogP contribution is -2.48. The van der Waals surface area contributed by atoms with Gasteiger partial charge in [-0.25, -0.2) is 0 Å². The monoisotopic (exact) mass is 481 g/mol. The van der Waals surface area contributed by atoms with Gasteiger partial charge in [-0.3, -0.25) is 9.59 Å². The molecule has 5 rings (SSSR count). The summed E-state index contributed by atoms with van der Waals surface area (Å²) in [4.78, 5) is 29.5. The van der Waals surface area contributed by atoms with E-state index in [0.29, 0.717) is 12.8 Å². The standard InChI is InChI=1S/C30H31N3O3/c1-36-23-15-11-21(12-16-23)29-25(24-9-5-6-10-26(24)33-29)17-18-28(34)32-27(30(35)31-22-13-14-22)19-20-7-3-2-4-8-20/h2-12,15-16,22,27,33H,13-14,17-19H2,1H3,(H,31,35)(H,32,34). The number of methoxy groups -OCH3 is 1. The molecule has 184 valence electrons. The number of aromatic nitrogens is 1. The van der Waals surface area contributed by atoms with Gasteiger partial charge in [0.2, 0.25) is 11.8 Å². The molecule has 1 saturated carbocycles. The van der Waals surface area contributed by atoms with E-state index in [0.717, 1.165) is 51.9 Å². The van der Waals surface area contributed by atoms with Crippen molar-refractivity contribution in [2.24, 2.45) is 0 Å². The summed E-state index contributed by atoms with van der Waals surface area (Å²) in [5, 5.41) is 7.15. The topological polar surface area (TPSA) is 83.2 Å². The van der Waals surface area contributed by atoms with Crippen LogP contribution in [0.25, 0.3) is 22.2 Å². The molecule has 3 aromatic carbocycles. The summed E-state index contributed by atoms with van der Waals surface area (Å²) < 4.78 is 5.30. The minimum atomic E-state index is -0.593. The smallest absolute Gasteiger partial charge is 0.243 e. The molecule has 1 aromatic heterocycles. The molecule has 0 spiro atoms. The van der Waals surface area contributed by atoms with E-state index in [1.165, 1.54) is 0 Å². The van der Waals surface area contributed by atoms with Gasteiger partial charge < -0.3 is 20.4 Å². The van der Waals surface area contributed by atoms with Crippen molar-refractivity contribution in [1.82, 2.24) is 15.6 Å². The maximum Gasteiger partial charge on any atom is 0.243 e. The van der Waals surface area contributed by atoms with Gasteiger partial charge >= 0.3 is 0 Å². The molecule has 6 nitrogen and oxygen atoms in total. The Morgan fingerprint density at radius 3 is 2.42 bits per heavy atom. The Morgan fingerprint density at radius 1 is 0.972 bits per heavy atom. The van der Waals surface area contributed by atoms with Crippen LogP contribution in [0.2, 0.25) is 0 Å². The van der Waals surface area contributed by atoms with Crippen LogP contribution in [0.15, 0.2) is 78.9 Å². The van der Waals surface area contributed by atoms with E-state index in [9.17, 15) is 9.59 Å². The average Bonchev–Trinajstić information content (AvgIpc) is 3.65. The number of fused-ring (bicyclic) bond motifs is 1. The maximum absolute atomic E-state index is 13.1. The van der Waals surface area contributed by atoms with Gasteiger partial charge in [-0.2, -0.15) is 0 Å². The first-order chi connectivity index (χ1) is 17.6. The van der Waals surface area contributed by atoms with Crippen LogP contribution in [0.4, 0.5) is 0 Å². The Balaban J connectivity index is 1.33. The molecule has 4 aromatic rings. The fourth-order valence-electron chi connectivity index (χ4n) is 4.56. The van der Waals surface area contributed by atoms with Crippen LogP contribution < -0.4 is 15.4 Å². The highest BCUT2D eigenvalue weighted by Crippen LogP contribution is 2.32. The molecule has 0 bridgehead atoms. The Hall–Kier alpha value is -4.06. The Bertz CT molecular complexity index is 1340. The minimum absolute atomic E-state index is 0.110. The summed E-state index contributed by atoms with van der Waals surface area (Å²) in [6.07, 6.45) is 3.32. The molecule has 6 heteroatoms. The number of aromatic amines is 1. The van der Waals surface area contributed by atoms with Crippen molar-refractivity contribution in [3.63, 3.8) is 0 Å². The molecule has 1 aliphatic rings. The fourth-order valence-corrected chi connectivity index (χ4v) is 4.56. The van der Waals surface area contributed by atoms with Gasteiger partial charge in [0.25, 0.3) is 0 Å². The third-order valence-corrected chi connectivity index (χ3v) is 6.65. The van der Waals surface area contributed by atoms with Crippen molar-refractivity contribution >= 4 is 22.7 Å². The fraction of sp³-hybridized carbons (Fsp3) is 0.267. The van der Waals surface area contributed by atoms with Crippen molar-refractivity contribution in [1.29, 1.82) is 0 Å². The van der Waals surface area contributed by atoms with E-state index in [2.05, 4.69) is 21.7 Å². The number of para-hydroxylation sites is 1. The van der Waals surface area contributed by atoms with Crippen molar-refractivity contribution < 1.29 is 14.3 Å². The van der Waals surface area contributed by atoms with Gasteiger partial charge in [0, 0.05) is 35.5 Å². The van der Waals surface area contributed by atoms with Crippen molar-refractivity contribution in [2.75, 3.05) is 7.11 Å². The van der Waals surface area contributed by atoms with E-state index in [1.807, 2.05) is 72.8 Å². The predicted molar refractivity (Wildman–Crippen MR) is 142 cm³/mol. The lowest BCUT2D eigenvalue weighted by atomic mass is 10.0. The Labute approximate surface area is 211 Å². The lowest BCUT2D eigenvalue weighted by Gasteiger charge is -2.19. The largest absolute Gasteiger partial charge is 0.497 e. The van der Waals surface area contributed by atoms with Crippen LogP contribution in [0.1, 0.15) is 30.4 Å². The van der Waals surface area contributed by atoms with Crippen LogP contribution in [-0.4, -0.2) is 36.0 Å². The van der Waals surface area contributed by atoms with Gasteiger partial charge in [0.05, 0.1) is 7.11 Å². The number of carbonyl (C=O) groups excluding carboxylic acids is 2. The molecular formula is C30H31N3O3. The van der Waals surface area contributed by atoms with Crippen LogP contribution in [-0.2, 0) is 22.4 Å². The summed E-state index contributed by atoms with van der Waals surface area (Å²) >= 11 is 0. The number of hydrogen-bond donors (Lipinski definition) is 3. The second-order valence-corrected chi connectivity index (χ2v) is 9.35. The molecular weight excluding hydrogens is 450 g/mol. The molecule has 3 N–H and O–H groups in total. The van der Waals surface area contributed by atoms with Crippen molar-refractivity contribution in [3.05, 3.63) is 90.0 Å². The number of hydrogen-bond acceptors (Lipinski definition) is 3. The molecule has 2 amide bonds. The van der Waals surface area contributed by atoms with Crippen LogP contribution in [0.3, 0.4) is 0 Å². The third kappa shape index (κ3) is 5.60. The second kappa shape index (κ2) is 10.7. The molecule has 0 radical (unpaired) electrons. The van der Waals surface area contributed by atoms with Crippen LogP contribution in [0, 0.1) is 0 Å². The van der Waals surface area contributed by atoms with Crippen LogP contribution in [0.5, 0.6) is 5.75 Å². The summed E-state index contributed by atoms with van der Waals surface area (Å²) in [6, 6.07) is 25.5. The van der Waals surface area contributed by atoms with E-state index in [1.54, 1.807) is 7.11 Å². The zero-order valence-corrected chi connectivity index (χ0v) is 20.4. The molecule has 1 aliphatic carbocycles.